The van der Waals surface area contributed by atoms with E-state index in [1.807, 2.05) is 63.2 Å². The first kappa shape index (κ1) is 32.8. The van der Waals surface area contributed by atoms with Gasteiger partial charge in [0.25, 0.3) is 0 Å². The van der Waals surface area contributed by atoms with Gasteiger partial charge in [-0.1, -0.05) is 41.9 Å². The molecule has 1 aliphatic rings. The average Bonchev–Trinajstić information content (AvgIpc) is 2.93. The van der Waals surface area contributed by atoms with Crippen LogP contribution < -0.4 is 9.64 Å². The van der Waals surface area contributed by atoms with E-state index in [-0.39, 0.29) is 5.91 Å². The van der Waals surface area contributed by atoms with Crippen LogP contribution in [0.2, 0.25) is 5.02 Å². The minimum Gasteiger partial charge on any atom is -0.495 e. The predicted molar refractivity (Wildman–Crippen MR) is 155 cm³/mol. The Bertz CT molecular complexity index is 1170. The lowest BCUT2D eigenvalue weighted by Gasteiger charge is -2.48. The first-order valence-electron chi connectivity index (χ1n) is 13.1. The van der Waals surface area contributed by atoms with Crippen LogP contribution in [0.4, 0.5) is 5.69 Å². The summed E-state index contributed by atoms with van der Waals surface area (Å²) in [4.78, 5) is 36.9. The molecule has 3 N–H and O–H groups in total. The Hall–Kier alpha value is -3.40. The third-order valence-electron chi connectivity index (χ3n) is 7.34. The van der Waals surface area contributed by atoms with Crippen molar-refractivity contribution >= 4 is 35.1 Å². The van der Waals surface area contributed by atoms with Crippen molar-refractivity contribution in [2.45, 2.75) is 45.6 Å². The van der Waals surface area contributed by atoms with Crippen molar-refractivity contribution < 1.29 is 34.4 Å². The number of carboxylic acid groups (broad SMARTS) is 2. The van der Waals surface area contributed by atoms with Crippen LogP contribution in [-0.4, -0.2) is 77.0 Å². The SMILES string of the molecule is CCN(C(=O)C(C)(C)C1(O)CCN(CCc2ccccc2Cl)CC1)c1ccccc1OC.O=C(O)/C=C/C(=O)O. The maximum absolute atomic E-state index is 13.7. The number of rotatable bonds is 10. The summed E-state index contributed by atoms with van der Waals surface area (Å²) in [6.45, 7) is 8.57. The summed E-state index contributed by atoms with van der Waals surface area (Å²) >= 11 is 6.29. The Morgan fingerprint density at radius 2 is 1.57 bits per heavy atom. The normalized spacial score (nSPS) is 15.2. The van der Waals surface area contributed by atoms with Crippen LogP contribution in [0.3, 0.4) is 0 Å². The van der Waals surface area contributed by atoms with Crippen LogP contribution in [0.15, 0.2) is 60.7 Å². The first-order valence-corrected chi connectivity index (χ1v) is 13.5. The van der Waals surface area contributed by atoms with Gasteiger partial charge in [0, 0.05) is 43.4 Å². The van der Waals surface area contributed by atoms with E-state index >= 15 is 0 Å². The third-order valence-corrected chi connectivity index (χ3v) is 7.71. The lowest BCUT2D eigenvalue weighted by atomic mass is 9.68. The number of aliphatic carboxylic acids is 2. The predicted octanol–water partition coefficient (Wildman–Crippen LogP) is 4.51. The highest BCUT2D eigenvalue weighted by Gasteiger charge is 2.51. The zero-order valence-corrected chi connectivity index (χ0v) is 24.2. The molecule has 0 spiro atoms. The van der Waals surface area contributed by atoms with Gasteiger partial charge in [-0.3, -0.25) is 4.79 Å². The van der Waals surface area contributed by atoms with E-state index in [0.717, 1.165) is 42.3 Å². The summed E-state index contributed by atoms with van der Waals surface area (Å²) in [7, 11) is 1.61. The van der Waals surface area contributed by atoms with E-state index < -0.39 is 23.0 Å². The number of hydrogen-bond acceptors (Lipinski definition) is 6. The fraction of sp³-hybridized carbons (Fsp3) is 0.433. The van der Waals surface area contributed by atoms with Gasteiger partial charge < -0.3 is 29.9 Å². The first-order chi connectivity index (χ1) is 18.9. The van der Waals surface area contributed by atoms with Gasteiger partial charge in [-0.15, -0.1) is 0 Å². The lowest BCUT2D eigenvalue weighted by molar-refractivity contribution is -0.151. The molecule has 1 aliphatic heterocycles. The van der Waals surface area contributed by atoms with Crippen molar-refractivity contribution in [3.8, 4) is 5.75 Å². The number of likely N-dealkylation sites (tertiary alicyclic amines) is 1. The fourth-order valence-electron chi connectivity index (χ4n) is 4.71. The average molecular weight is 575 g/mol. The molecule has 1 fully saturated rings. The van der Waals surface area contributed by atoms with Crippen molar-refractivity contribution in [3.05, 3.63) is 71.3 Å². The van der Waals surface area contributed by atoms with Gasteiger partial charge in [0.2, 0.25) is 5.91 Å². The van der Waals surface area contributed by atoms with Crippen molar-refractivity contribution in [1.82, 2.24) is 4.90 Å². The van der Waals surface area contributed by atoms with Gasteiger partial charge in [-0.2, -0.15) is 0 Å². The van der Waals surface area contributed by atoms with Gasteiger partial charge in [0.1, 0.15) is 5.75 Å². The Kier molecular flexibility index (Phi) is 12.2. The second-order valence-corrected chi connectivity index (χ2v) is 10.5. The van der Waals surface area contributed by atoms with Crippen molar-refractivity contribution in [2.24, 2.45) is 5.41 Å². The number of carbonyl (C=O) groups is 3. The number of methoxy groups -OCH3 is 1. The molecule has 1 heterocycles. The molecule has 0 unspecified atom stereocenters. The molecule has 9 nitrogen and oxygen atoms in total. The molecule has 218 valence electrons. The number of benzene rings is 2. The number of piperidine rings is 1. The number of amides is 1. The van der Waals surface area contributed by atoms with Gasteiger partial charge in [0.15, 0.2) is 0 Å². The molecule has 2 aromatic carbocycles. The molecule has 0 atom stereocenters. The number of nitrogens with zero attached hydrogens (tertiary/aromatic N) is 2. The van der Waals surface area contributed by atoms with Crippen molar-refractivity contribution in [2.75, 3.05) is 38.2 Å². The summed E-state index contributed by atoms with van der Waals surface area (Å²) in [5, 5.41) is 28.0. The second kappa shape index (κ2) is 14.8. The summed E-state index contributed by atoms with van der Waals surface area (Å²) in [6, 6.07) is 15.4. The van der Waals surface area contributed by atoms with E-state index in [4.69, 9.17) is 26.6 Å². The van der Waals surface area contributed by atoms with E-state index in [0.29, 0.717) is 37.3 Å². The van der Waals surface area contributed by atoms with Crippen LogP contribution in [0, 0.1) is 5.41 Å². The molecule has 10 heteroatoms. The monoisotopic (exact) mass is 574 g/mol. The molecule has 0 aliphatic carbocycles. The van der Waals surface area contributed by atoms with Crippen LogP contribution in [0.25, 0.3) is 0 Å². The van der Waals surface area contributed by atoms with Crippen LogP contribution in [-0.2, 0) is 20.8 Å². The number of aliphatic hydroxyl groups is 1. The van der Waals surface area contributed by atoms with Crippen LogP contribution in [0.1, 0.15) is 39.2 Å². The molecule has 0 saturated carbocycles. The molecule has 40 heavy (non-hydrogen) atoms. The summed E-state index contributed by atoms with van der Waals surface area (Å²) in [5.74, 6) is -1.95. The Morgan fingerprint density at radius 1 is 1.02 bits per heavy atom. The van der Waals surface area contributed by atoms with Crippen molar-refractivity contribution in [3.63, 3.8) is 0 Å². The lowest BCUT2D eigenvalue weighted by Crippen LogP contribution is -2.59. The number of anilines is 1. The number of carboxylic acids is 2. The highest BCUT2D eigenvalue weighted by Crippen LogP contribution is 2.42. The maximum Gasteiger partial charge on any atom is 0.328 e. The number of ether oxygens (including phenoxy) is 1. The molecule has 2 aromatic rings. The van der Waals surface area contributed by atoms with Gasteiger partial charge >= 0.3 is 11.9 Å². The molecule has 0 radical (unpaired) electrons. The van der Waals surface area contributed by atoms with E-state index in [2.05, 4.69) is 11.0 Å². The topological polar surface area (TPSA) is 128 Å². The smallest absolute Gasteiger partial charge is 0.328 e. The molecular formula is C30H39ClN2O7. The van der Waals surface area contributed by atoms with Gasteiger partial charge in [-0.25, -0.2) is 9.59 Å². The molecule has 0 aromatic heterocycles. The zero-order valence-electron chi connectivity index (χ0n) is 23.5. The Labute approximate surface area is 240 Å². The minimum absolute atomic E-state index is 0.0866. The number of hydrogen-bond donors (Lipinski definition) is 3. The second-order valence-electron chi connectivity index (χ2n) is 10.1. The quantitative estimate of drug-likeness (QED) is 0.354. The fourth-order valence-corrected chi connectivity index (χ4v) is 4.94. The zero-order chi connectivity index (χ0) is 29.9. The van der Waals surface area contributed by atoms with Crippen molar-refractivity contribution in [1.29, 1.82) is 0 Å². The van der Waals surface area contributed by atoms with Crippen LogP contribution >= 0.6 is 11.6 Å². The standard InChI is InChI=1S/C26H35ClN2O3.C4H4O4/c1-5-29(22-12-8-9-13-23(22)32-4)24(30)25(2,3)26(31)15-18-28(19-16-26)17-14-20-10-6-7-11-21(20)27;5-3(6)1-2-4(7)8/h6-13,31H,5,14-19H2,1-4H3;1-2H,(H,5,6)(H,7,8)/b;2-1+. The van der Waals surface area contributed by atoms with E-state index in [1.165, 1.54) is 0 Å². The molecule has 0 bridgehead atoms. The minimum atomic E-state index is -1.26. The van der Waals surface area contributed by atoms with E-state index in [9.17, 15) is 19.5 Å². The Morgan fingerprint density at radius 3 is 2.10 bits per heavy atom. The number of carbonyl (C=O) groups excluding carboxylic acids is 1. The largest absolute Gasteiger partial charge is 0.495 e. The summed E-state index contributed by atoms with van der Waals surface area (Å²) in [5.41, 5.74) is -0.128. The summed E-state index contributed by atoms with van der Waals surface area (Å²) < 4.78 is 5.47. The van der Waals surface area contributed by atoms with Crippen LogP contribution in [0.5, 0.6) is 5.75 Å². The van der Waals surface area contributed by atoms with E-state index in [1.54, 1.807) is 12.0 Å². The molecule has 3 rings (SSSR count). The molecule has 1 amide bonds. The summed E-state index contributed by atoms with van der Waals surface area (Å²) in [6.07, 6.45) is 3.10. The molecular weight excluding hydrogens is 536 g/mol. The highest BCUT2D eigenvalue weighted by molar-refractivity contribution is 6.31. The Balaban J connectivity index is 0.000000611. The van der Waals surface area contributed by atoms with Gasteiger partial charge in [0.05, 0.1) is 23.8 Å². The highest BCUT2D eigenvalue weighted by atomic mass is 35.5. The third kappa shape index (κ3) is 8.55. The maximum atomic E-state index is 13.7. The number of para-hydroxylation sites is 2. The number of halogens is 1. The van der Waals surface area contributed by atoms with Gasteiger partial charge in [-0.05, 0) is 63.8 Å². The molecule has 1 saturated heterocycles.